The summed E-state index contributed by atoms with van der Waals surface area (Å²) in [5.74, 6) is 0. The fourth-order valence-electron chi connectivity index (χ4n) is 0. The first-order valence-corrected chi connectivity index (χ1v) is 0. The van der Waals surface area contributed by atoms with E-state index in [1.165, 1.54) is 0 Å². The van der Waals surface area contributed by atoms with Gasteiger partial charge in [-0.05, 0) is 0 Å². The van der Waals surface area contributed by atoms with Crippen molar-refractivity contribution in [2.24, 2.45) is 0 Å². The van der Waals surface area contributed by atoms with Crippen LogP contribution >= 0.6 is 0 Å². The maximum Gasteiger partial charge on any atom is 0 e. The summed E-state index contributed by atoms with van der Waals surface area (Å²) in [6.07, 6.45) is 0. The van der Waals surface area contributed by atoms with Gasteiger partial charge < -0.3 is 0 Å². The Morgan fingerprint density at radius 2 is 0.00935 bits per heavy atom. The predicted molar refractivity (Wildman–Crippen MR) is 0 cm³/mol. The summed E-state index contributed by atoms with van der Waals surface area (Å²) in [5, 5.41) is 0. The van der Waals surface area contributed by atoms with E-state index >= 15 is 0 Å². The molecule has 535 valence electrons. The van der Waals surface area contributed by atoms with Gasteiger partial charge in [0, 0.05) is 1990 Å². The van der Waals surface area contributed by atoms with E-state index in [9.17, 15) is 0 Å². The molecule has 0 atom stereocenters. The maximum atomic E-state index is 0. The maximum absolute atomic E-state index is 0. The van der Waals surface area contributed by atoms with Crippen LogP contribution in [0.5, 0.6) is 0 Å². The van der Waals surface area contributed by atoms with Gasteiger partial charge in [-0.25, -0.2) is 0 Å². The minimum atomic E-state index is 0. The molecule has 0 saturated carbocycles. The monoisotopic (exact) mass is 5450 g/mol. The van der Waals surface area contributed by atoms with Crippen molar-refractivity contribution in [1.82, 2.24) is 0 Å². The Hall–Kier alpha value is 62.5. The van der Waals surface area contributed by atoms with E-state index in [0.717, 1.165) is 0 Å². The second-order valence-electron chi connectivity index (χ2n) is 0. The van der Waals surface area contributed by atoms with Crippen molar-refractivity contribution in [2.75, 3.05) is 0 Å². The van der Waals surface area contributed by atoms with Gasteiger partial charge in [-0.15, -0.1) is 0 Å². The van der Waals surface area contributed by atoms with Crippen LogP contribution in [0, 0.1) is 0 Å². The molecular weight excluding hydrogens is 5450 g/mol. The van der Waals surface area contributed by atoms with Crippen molar-refractivity contribution >= 4 is 0 Å². The SMILES string of the molecule is [V].[V].[V].[V].[V].[V].[V].[V].[V].[V].[V].[V].[V].[V].[V].[V].[V].[V].[V].[V].[V].[V].[V].[V].[V].[V].[V].[V].[V].[V].[V].[V].[V].[V].[V].[V].[V].[V].[V].[V].[V].[V].[V].[V].[V].[V].[V].[V].[V].[V].[V].[V].[V].[V].[V].[V].[V].[V].[V].[V].[V].[V].[V].[V].[V].[V].[V].[V].[V].[V].[V].[V].[V].[V].[V].[V].[V].[V].[V].[V].[V].[V].[V].[V].[V].[V].[V].[V].[V].[V].[V].[V].[V].[V].[V].[V].[V].[V].[V].[V].[V].[V].[V].[V].[V].[V].[V]. The zero-order valence-corrected chi connectivity index (χ0v) is 197. The van der Waals surface area contributed by atoms with Crippen LogP contribution in [0.1, 0.15) is 0 Å². The van der Waals surface area contributed by atoms with Crippen LogP contribution < -0.4 is 0 Å². The molecule has 0 heterocycles. The molecule has 0 aromatic heterocycles. The number of hydrogen-bond donors (Lipinski definition) is 0. The fraction of sp³-hybridized carbons (Fsp3) is 0. The first-order valence-electron chi connectivity index (χ1n) is 0. The van der Waals surface area contributed by atoms with Crippen LogP contribution in [0.15, 0.2) is 0 Å². The van der Waals surface area contributed by atoms with Gasteiger partial charge in [0.05, 0.1) is 0 Å². The molecule has 0 nitrogen and oxygen atoms in total. The van der Waals surface area contributed by atoms with Crippen molar-refractivity contribution < 1.29 is 1990 Å². The second kappa shape index (κ2) is 1210. The summed E-state index contributed by atoms with van der Waals surface area (Å²) in [7, 11) is 0. The Morgan fingerprint density at radius 3 is 0.00935 bits per heavy atom. The third kappa shape index (κ3) is 1200. The summed E-state index contributed by atoms with van der Waals surface area (Å²) < 4.78 is 0. The molecule has 0 aromatic carbocycles. The zero-order chi connectivity index (χ0) is 0. The molecule has 0 aromatic rings. The third-order valence-electron chi connectivity index (χ3n) is 0. The van der Waals surface area contributed by atoms with Gasteiger partial charge >= 0.3 is 0 Å². The van der Waals surface area contributed by atoms with Crippen molar-refractivity contribution in [2.45, 2.75) is 0 Å². The zero-order valence-electron chi connectivity index (χ0n) is 47.9. The quantitative estimate of drug-likeness (QED) is 0.314. The average molecular weight is 5450 g/mol. The van der Waals surface area contributed by atoms with Gasteiger partial charge in [-0.3, -0.25) is 0 Å². The molecule has 0 spiro atoms. The van der Waals surface area contributed by atoms with Crippen molar-refractivity contribution in [1.29, 1.82) is 0 Å². The molecular formula is V107. The minimum Gasteiger partial charge on any atom is 0 e. The van der Waals surface area contributed by atoms with E-state index in [-0.39, 0.29) is 1990 Å². The Balaban J connectivity index is 0. The Bertz CT molecular complexity index is 0. The van der Waals surface area contributed by atoms with E-state index < -0.39 is 0 Å². The Labute approximate surface area is 1930 Å². The average Bonchev–Trinajstić information content (AvgIpc) is 0. The molecule has 0 fully saturated rings. The van der Waals surface area contributed by atoms with Crippen molar-refractivity contribution in [3.05, 3.63) is 0 Å². The molecule has 0 aliphatic carbocycles. The first-order chi connectivity index (χ1) is 0. The smallest absolute Gasteiger partial charge is 0 e. The number of rotatable bonds is 0. The molecule has 0 aliphatic heterocycles. The van der Waals surface area contributed by atoms with Crippen LogP contribution in [0.2, 0.25) is 0 Å². The van der Waals surface area contributed by atoms with Crippen molar-refractivity contribution in [3.8, 4) is 0 Å². The van der Waals surface area contributed by atoms with Gasteiger partial charge in [-0.1, -0.05) is 0 Å². The molecule has 107 radical (unpaired) electrons. The summed E-state index contributed by atoms with van der Waals surface area (Å²) >= 11 is 0. The molecule has 0 saturated heterocycles. The molecule has 0 bridgehead atoms. The largest absolute Gasteiger partial charge is 0 e. The van der Waals surface area contributed by atoms with Gasteiger partial charge in [0.25, 0.3) is 0 Å². The normalized spacial score (nSPS) is 0. The summed E-state index contributed by atoms with van der Waals surface area (Å²) in [5.41, 5.74) is 0. The molecule has 0 unspecified atom stereocenters. The predicted octanol–water partition coefficient (Wildman–Crippen LogP) is -0.268. The van der Waals surface area contributed by atoms with Gasteiger partial charge in [-0.2, -0.15) is 0 Å². The first kappa shape index (κ1) is 1230. The van der Waals surface area contributed by atoms with Crippen LogP contribution in [0.3, 0.4) is 0 Å². The molecule has 0 aliphatic rings. The Morgan fingerprint density at radius 1 is 0.00935 bits per heavy atom. The third-order valence-corrected chi connectivity index (χ3v) is 0. The summed E-state index contributed by atoms with van der Waals surface area (Å²) in [4.78, 5) is 0. The number of hydrogen-bond acceptors (Lipinski definition) is 0. The van der Waals surface area contributed by atoms with Gasteiger partial charge in [0.1, 0.15) is 0 Å². The Kier molecular flexibility index (Phi) is 13900. The van der Waals surface area contributed by atoms with Crippen LogP contribution in [-0.4, -0.2) is 0 Å². The van der Waals surface area contributed by atoms with E-state index in [0.29, 0.717) is 0 Å². The van der Waals surface area contributed by atoms with E-state index in [1.54, 1.807) is 0 Å². The molecule has 107 heteroatoms. The van der Waals surface area contributed by atoms with Gasteiger partial charge in [0.2, 0.25) is 0 Å². The summed E-state index contributed by atoms with van der Waals surface area (Å²) in [6.45, 7) is 0. The van der Waals surface area contributed by atoms with Crippen LogP contribution in [0.4, 0.5) is 0 Å². The molecule has 0 N–H and O–H groups in total. The fourth-order valence-corrected chi connectivity index (χ4v) is 0. The standard InChI is InChI=1S/107V. The van der Waals surface area contributed by atoms with Crippen LogP contribution in [-0.2, 0) is 1990 Å². The molecule has 0 rings (SSSR count). The van der Waals surface area contributed by atoms with Crippen LogP contribution in [0.25, 0.3) is 0 Å². The van der Waals surface area contributed by atoms with Gasteiger partial charge in [0.15, 0.2) is 0 Å². The molecule has 0 amide bonds. The van der Waals surface area contributed by atoms with E-state index in [1.807, 2.05) is 0 Å². The topological polar surface area (TPSA) is 0 Å². The summed E-state index contributed by atoms with van der Waals surface area (Å²) in [6, 6.07) is 0. The van der Waals surface area contributed by atoms with E-state index in [4.69, 9.17) is 0 Å². The molecule has 107 heavy (non-hydrogen) atoms. The second-order valence-corrected chi connectivity index (χ2v) is 0. The minimum absolute atomic E-state index is 0. The van der Waals surface area contributed by atoms with Crippen molar-refractivity contribution in [3.63, 3.8) is 0 Å². The van der Waals surface area contributed by atoms with E-state index in [2.05, 4.69) is 0 Å².